The normalized spacial score (nSPS) is 16.0. The van der Waals surface area contributed by atoms with Gasteiger partial charge in [0.25, 0.3) is 0 Å². The molecule has 1 aliphatic rings. The zero-order chi connectivity index (χ0) is 17.3. The Hall–Kier alpha value is -2.02. The van der Waals surface area contributed by atoms with Crippen LogP contribution in [0, 0.1) is 0 Å². The lowest BCUT2D eigenvalue weighted by molar-refractivity contribution is 0.0190. The van der Waals surface area contributed by atoms with Crippen LogP contribution in [0.2, 0.25) is 0 Å². The average molecular weight is 328 g/mol. The van der Waals surface area contributed by atoms with E-state index >= 15 is 0 Å². The Morgan fingerprint density at radius 2 is 2.00 bits per heavy atom. The van der Waals surface area contributed by atoms with Crippen LogP contribution in [0.1, 0.15) is 31.4 Å². The molecule has 6 nitrogen and oxygen atoms in total. The number of nitrogens with two attached hydrogens (primary N) is 1. The Morgan fingerprint density at radius 1 is 1.25 bits per heavy atom. The molecule has 1 unspecified atom stereocenters. The number of aromatic nitrogens is 2. The first kappa shape index (κ1) is 16.8. The first-order valence-electron chi connectivity index (χ1n) is 8.12. The van der Waals surface area contributed by atoms with Gasteiger partial charge in [0.1, 0.15) is 5.82 Å². The van der Waals surface area contributed by atoms with Crippen LogP contribution in [0.4, 0.5) is 5.82 Å². The van der Waals surface area contributed by atoms with E-state index in [1.807, 2.05) is 26.2 Å². The SMILES string of the molecule is COC(C)(C)c1cncc(-c2cnc3c(c2)CCCN3C(N)O)c1. The number of aryl methyl sites for hydroxylation is 1. The molecule has 0 aliphatic carbocycles. The number of hydrogen-bond donors (Lipinski definition) is 2. The zero-order valence-corrected chi connectivity index (χ0v) is 14.4. The quantitative estimate of drug-likeness (QED) is 0.835. The second kappa shape index (κ2) is 6.47. The lowest BCUT2D eigenvalue weighted by atomic mass is 9.96. The smallest absolute Gasteiger partial charge is 0.182 e. The Labute approximate surface area is 142 Å². The maximum Gasteiger partial charge on any atom is 0.182 e. The molecular weight excluding hydrogens is 304 g/mol. The molecule has 0 fully saturated rings. The van der Waals surface area contributed by atoms with Gasteiger partial charge >= 0.3 is 0 Å². The van der Waals surface area contributed by atoms with E-state index in [1.54, 1.807) is 18.2 Å². The summed E-state index contributed by atoms with van der Waals surface area (Å²) in [6, 6.07) is 4.19. The molecule has 0 radical (unpaired) electrons. The van der Waals surface area contributed by atoms with E-state index in [-0.39, 0.29) is 0 Å². The average Bonchev–Trinajstić information content (AvgIpc) is 2.60. The van der Waals surface area contributed by atoms with Crippen LogP contribution in [-0.4, -0.2) is 35.1 Å². The van der Waals surface area contributed by atoms with Crippen LogP contribution in [0.5, 0.6) is 0 Å². The van der Waals surface area contributed by atoms with Crippen molar-refractivity contribution in [2.75, 3.05) is 18.6 Å². The summed E-state index contributed by atoms with van der Waals surface area (Å²) in [5.74, 6) is 0.765. The van der Waals surface area contributed by atoms with E-state index in [1.165, 1.54) is 0 Å². The molecule has 2 aromatic rings. The molecule has 2 aromatic heterocycles. The first-order chi connectivity index (χ1) is 11.4. The van der Waals surface area contributed by atoms with Gasteiger partial charge in [-0.3, -0.25) is 10.7 Å². The van der Waals surface area contributed by atoms with Crippen LogP contribution >= 0.6 is 0 Å². The third-order valence-corrected chi connectivity index (χ3v) is 4.66. The van der Waals surface area contributed by atoms with Crippen molar-refractivity contribution in [3.05, 3.63) is 41.9 Å². The maximum atomic E-state index is 9.70. The van der Waals surface area contributed by atoms with E-state index in [9.17, 15) is 5.11 Å². The number of methoxy groups -OCH3 is 1. The summed E-state index contributed by atoms with van der Waals surface area (Å²) in [5.41, 5.74) is 9.35. The molecule has 3 N–H and O–H groups in total. The fourth-order valence-corrected chi connectivity index (χ4v) is 2.95. The second-order valence-electron chi connectivity index (χ2n) is 6.59. The standard InChI is InChI=1S/C18H24N4O2/c1-18(2,24-3)15-8-14(9-20-11-15)13-7-12-5-4-6-22(17(19)23)16(12)21-10-13/h7-11,17,23H,4-6,19H2,1-3H3. The summed E-state index contributed by atoms with van der Waals surface area (Å²) in [7, 11) is 1.69. The van der Waals surface area contributed by atoms with Gasteiger partial charge in [0.05, 0.1) is 5.60 Å². The molecule has 1 atom stereocenters. The summed E-state index contributed by atoms with van der Waals surface area (Å²) in [6.45, 7) is 4.74. The van der Waals surface area contributed by atoms with Crippen LogP contribution < -0.4 is 10.6 Å². The molecule has 0 amide bonds. The summed E-state index contributed by atoms with van der Waals surface area (Å²) >= 11 is 0. The molecular formula is C18H24N4O2. The molecule has 0 saturated heterocycles. The van der Waals surface area contributed by atoms with Crippen molar-refractivity contribution in [2.24, 2.45) is 5.73 Å². The maximum absolute atomic E-state index is 9.70. The highest BCUT2D eigenvalue weighted by Gasteiger charge is 2.23. The van der Waals surface area contributed by atoms with Gasteiger partial charge in [-0.25, -0.2) is 4.98 Å². The van der Waals surface area contributed by atoms with E-state index in [0.717, 1.165) is 47.5 Å². The molecule has 0 bridgehead atoms. The molecule has 0 saturated carbocycles. The van der Waals surface area contributed by atoms with Crippen molar-refractivity contribution < 1.29 is 9.84 Å². The van der Waals surface area contributed by atoms with Gasteiger partial charge in [-0.05, 0) is 44.4 Å². The van der Waals surface area contributed by atoms with Gasteiger partial charge in [0.15, 0.2) is 6.35 Å². The van der Waals surface area contributed by atoms with Gasteiger partial charge in [-0.1, -0.05) is 0 Å². The summed E-state index contributed by atoms with van der Waals surface area (Å²) in [6.07, 6.45) is 6.31. The molecule has 1 aliphatic heterocycles. The van der Waals surface area contributed by atoms with Crippen molar-refractivity contribution in [3.8, 4) is 11.1 Å². The fourth-order valence-electron chi connectivity index (χ4n) is 2.95. The zero-order valence-electron chi connectivity index (χ0n) is 14.4. The van der Waals surface area contributed by atoms with Crippen molar-refractivity contribution in [1.82, 2.24) is 9.97 Å². The fraction of sp³-hybridized carbons (Fsp3) is 0.444. The van der Waals surface area contributed by atoms with Crippen LogP contribution in [-0.2, 0) is 16.8 Å². The highest BCUT2D eigenvalue weighted by Crippen LogP contribution is 2.31. The van der Waals surface area contributed by atoms with E-state index in [4.69, 9.17) is 10.5 Å². The third-order valence-electron chi connectivity index (χ3n) is 4.66. The number of fused-ring (bicyclic) bond motifs is 1. The predicted octanol–water partition coefficient (Wildman–Crippen LogP) is 2.01. The Balaban J connectivity index is 1.98. The largest absolute Gasteiger partial charge is 0.374 e. The minimum absolute atomic E-state index is 0.398. The molecule has 24 heavy (non-hydrogen) atoms. The molecule has 0 spiro atoms. The highest BCUT2D eigenvalue weighted by molar-refractivity contribution is 5.66. The van der Waals surface area contributed by atoms with Crippen molar-refractivity contribution in [1.29, 1.82) is 0 Å². The van der Waals surface area contributed by atoms with Gasteiger partial charge < -0.3 is 14.7 Å². The van der Waals surface area contributed by atoms with Gasteiger partial charge in [0, 0.05) is 48.9 Å². The molecule has 0 aromatic carbocycles. The van der Waals surface area contributed by atoms with Crippen LogP contribution in [0.25, 0.3) is 11.1 Å². The predicted molar refractivity (Wildman–Crippen MR) is 93.4 cm³/mol. The number of pyridine rings is 2. The number of rotatable bonds is 4. The summed E-state index contributed by atoms with van der Waals surface area (Å²) in [5, 5.41) is 9.70. The van der Waals surface area contributed by atoms with E-state index in [2.05, 4.69) is 22.1 Å². The first-order valence-corrected chi connectivity index (χ1v) is 8.12. The van der Waals surface area contributed by atoms with E-state index < -0.39 is 12.0 Å². The number of ether oxygens (including phenoxy) is 1. The topological polar surface area (TPSA) is 84.5 Å². The number of aliphatic hydroxyl groups excluding tert-OH is 1. The highest BCUT2D eigenvalue weighted by atomic mass is 16.5. The minimum Gasteiger partial charge on any atom is -0.374 e. The van der Waals surface area contributed by atoms with Crippen molar-refractivity contribution in [3.63, 3.8) is 0 Å². The molecule has 3 rings (SSSR count). The van der Waals surface area contributed by atoms with Crippen LogP contribution in [0.3, 0.4) is 0 Å². The van der Waals surface area contributed by atoms with Gasteiger partial charge in [-0.15, -0.1) is 0 Å². The number of aliphatic hydroxyl groups is 1. The second-order valence-corrected chi connectivity index (χ2v) is 6.59. The molecule has 128 valence electrons. The summed E-state index contributed by atoms with van der Waals surface area (Å²) in [4.78, 5) is 10.6. The minimum atomic E-state index is -1.02. The van der Waals surface area contributed by atoms with E-state index in [0.29, 0.717) is 0 Å². The lowest BCUT2D eigenvalue weighted by Gasteiger charge is -2.32. The van der Waals surface area contributed by atoms with Gasteiger partial charge in [-0.2, -0.15) is 0 Å². The number of hydrogen-bond acceptors (Lipinski definition) is 6. The molecule has 3 heterocycles. The number of anilines is 1. The Bertz CT molecular complexity index is 731. The number of nitrogens with zero attached hydrogens (tertiary/aromatic N) is 3. The lowest BCUT2D eigenvalue weighted by Crippen LogP contribution is -2.45. The van der Waals surface area contributed by atoms with Crippen LogP contribution in [0.15, 0.2) is 30.7 Å². The van der Waals surface area contributed by atoms with Crippen molar-refractivity contribution >= 4 is 5.82 Å². The Kier molecular flexibility index (Phi) is 4.54. The van der Waals surface area contributed by atoms with Gasteiger partial charge in [0.2, 0.25) is 0 Å². The van der Waals surface area contributed by atoms with Crippen molar-refractivity contribution in [2.45, 2.75) is 38.6 Å². The Morgan fingerprint density at radius 3 is 2.71 bits per heavy atom. The molecule has 6 heteroatoms. The third kappa shape index (κ3) is 3.13. The summed E-state index contributed by atoms with van der Waals surface area (Å²) < 4.78 is 5.54. The monoisotopic (exact) mass is 328 g/mol.